The van der Waals surface area contributed by atoms with Gasteiger partial charge in [0.25, 0.3) is 5.91 Å². The van der Waals surface area contributed by atoms with E-state index in [2.05, 4.69) is 69.8 Å². The summed E-state index contributed by atoms with van der Waals surface area (Å²) >= 11 is 0. The van der Waals surface area contributed by atoms with Crippen LogP contribution in [0.3, 0.4) is 0 Å². The molecule has 3 aliphatic rings. The summed E-state index contributed by atoms with van der Waals surface area (Å²) in [4.78, 5) is 52.4. The number of hydrogen-bond donors (Lipinski definition) is 2. The zero-order chi connectivity index (χ0) is 31.3. The van der Waals surface area contributed by atoms with Gasteiger partial charge in [0.2, 0.25) is 12.3 Å². The molecule has 3 amide bonds. The molecule has 3 aromatic rings. The molecule has 1 fully saturated rings. The minimum atomic E-state index is -0.610. The molecule has 1 aliphatic carbocycles. The first-order chi connectivity index (χ1) is 21.9. The van der Waals surface area contributed by atoms with E-state index < -0.39 is 6.04 Å². The van der Waals surface area contributed by atoms with Gasteiger partial charge in [-0.15, -0.1) is 0 Å². The first-order valence-electron chi connectivity index (χ1n) is 16.1. The van der Waals surface area contributed by atoms with Gasteiger partial charge in [-0.1, -0.05) is 48.9 Å². The molecule has 0 spiro atoms. The number of pyridine rings is 2. The minimum Gasteiger partial charge on any atom is -0.340 e. The summed E-state index contributed by atoms with van der Waals surface area (Å²) < 4.78 is 0. The molecule has 4 atom stereocenters. The third kappa shape index (κ3) is 6.83. The maximum Gasteiger partial charge on any atom is 0.253 e. The first kappa shape index (κ1) is 30.6. The lowest BCUT2D eigenvalue weighted by molar-refractivity contribution is -0.139. The molecule has 0 radical (unpaired) electrons. The Labute approximate surface area is 265 Å². The number of nitrogens with one attached hydrogen (secondary N) is 2. The predicted octanol–water partition coefficient (Wildman–Crippen LogP) is 4.56. The highest BCUT2D eigenvalue weighted by atomic mass is 16.2. The fourth-order valence-corrected chi connectivity index (χ4v) is 7.15. The van der Waals surface area contributed by atoms with E-state index in [0.717, 1.165) is 54.7 Å². The van der Waals surface area contributed by atoms with Crippen LogP contribution in [0.25, 0.3) is 6.08 Å². The summed E-state index contributed by atoms with van der Waals surface area (Å²) in [6.07, 6.45) is 13.2. The predicted molar refractivity (Wildman–Crippen MR) is 175 cm³/mol. The van der Waals surface area contributed by atoms with Crippen molar-refractivity contribution in [3.8, 4) is 0 Å². The maximum atomic E-state index is 13.9. The molecule has 1 aromatic carbocycles. The Hall–Kier alpha value is -4.37. The van der Waals surface area contributed by atoms with Crippen LogP contribution in [0, 0.1) is 0 Å². The minimum absolute atomic E-state index is 0.01000. The van der Waals surface area contributed by atoms with Crippen molar-refractivity contribution in [2.45, 2.75) is 69.4 Å². The average molecular weight is 607 g/mol. The lowest BCUT2D eigenvalue weighted by Gasteiger charge is -2.43. The Kier molecular flexibility index (Phi) is 9.35. The van der Waals surface area contributed by atoms with E-state index in [1.54, 1.807) is 12.4 Å². The van der Waals surface area contributed by atoms with Crippen molar-refractivity contribution in [2.75, 3.05) is 32.0 Å². The number of amides is 3. The highest BCUT2D eigenvalue weighted by Gasteiger charge is 2.40. The summed E-state index contributed by atoms with van der Waals surface area (Å²) in [6, 6.07) is 13.8. The van der Waals surface area contributed by atoms with Crippen molar-refractivity contribution >= 4 is 30.1 Å². The Bertz CT molecular complexity index is 1570. The standard InChI is InChI=1S/C36H42N6O3/c1-24-30(26-11-5-3-6-12-26)20-33-36(45)42(24)15-8-4-7-13-41(2)14-9-10-25-16-31(34(38-21-25)39-23-43)27-17-28-18-29(35(44)40-33)22-37-32(28)19-27/h3,5-6,9-12,16,18,21-24,27,30,33H,4,7-8,13-15,17,19-20H2,1-2H3,(H,40,44)(H,38,39,43)/b10-9+. The van der Waals surface area contributed by atoms with Crippen molar-refractivity contribution in [1.82, 2.24) is 25.1 Å². The number of carbonyl (C=O) groups is 3. The number of piperidine rings is 1. The van der Waals surface area contributed by atoms with E-state index in [4.69, 9.17) is 0 Å². The Morgan fingerprint density at radius 1 is 1.00 bits per heavy atom. The van der Waals surface area contributed by atoms with E-state index in [1.165, 1.54) is 5.56 Å². The van der Waals surface area contributed by atoms with Crippen LogP contribution in [-0.2, 0) is 22.4 Å². The molecule has 1 saturated heterocycles. The molecule has 7 bridgehead atoms. The molecule has 9 nitrogen and oxygen atoms in total. The number of aromatic nitrogens is 2. The van der Waals surface area contributed by atoms with Crippen LogP contribution in [0.5, 0.6) is 0 Å². The molecular formula is C36H42N6O3. The number of rotatable bonds is 3. The third-order valence-corrected chi connectivity index (χ3v) is 9.65. The lowest BCUT2D eigenvalue weighted by atomic mass is 9.81. The van der Waals surface area contributed by atoms with Gasteiger partial charge in [0.1, 0.15) is 11.9 Å². The molecule has 234 valence electrons. The normalized spacial score (nSPS) is 25.2. The monoisotopic (exact) mass is 606 g/mol. The van der Waals surface area contributed by atoms with E-state index in [0.29, 0.717) is 43.6 Å². The molecule has 45 heavy (non-hydrogen) atoms. The van der Waals surface area contributed by atoms with Gasteiger partial charge in [-0.05, 0) is 92.9 Å². The van der Waals surface area contributed by atoms with Gasteiger partial charge < -0.3 is 20.4 Å². The summed E-state index contributed by atoms with van der Waals surface area (Å²) in [5.41, 5.74) is 5.52. The van der Waals surface area contributed by atoms with Gasteiger partial charge >= 0.3 is 0 Å². The van der Waals surface area contributed by atoms with Gasteiger partial charge in [-0.25, -0.2) is 4.98 Å². The van der Waals surface area contributed by atoms with E-state index in [-0.39, 0.29) is 29.7 Å². The van der Waals surface area contributed by atoms with Crippen LogP contribution in [0.2, 0.25) is 0 Å². The molecule has 0 saturated carbocycles. The Morgan fingerprint density at radius 3 is 2.64 bits per heavy atom. The number of likely N-dealkylation sites (N-methyl/N-ethyl adjacent to an activating group) is 1. The number of hydrogen-bond acceptors (Lipinski definition) is 6. The van der Waals surface area contributed by atoms with Crippen molar-refractivity contribution < 1.29 is 14.4 Å². The van der Waals surface area contributed by atoms with Gasteiger partial charge in [-0.2, -0.15) is 0 Å². The average Bonchev–Trinajstić information content (AvgIpc) is 3.48. The number of carbonyl (C=O) groups excluding carboxylic acids is 3. The van der Waals surface area contributed by atoms with Crippen LogP contribution in [-0.4, -0.2) is 76.8 Å². The summed E-state index contributed by atoms with van der Waals surface area (Å²) in [5, 5.41) is 5.86. The van der Waals surface area contributed by atoms with E-state index in [1.807, 2.05) is 29.2 Å². The highest BCUT2D eigenvalue weighted by Crippen LogP contribution is 2.37. The third-order valence-electron chi connectivity index (χ3n) is 9.65. The number of fused-ring (bicyclic) bond motifs is 7. The first-order valence-corrected chi connectivity index (χ1v) is 16.1. The summed E-state index contributed by atoms with van der Waals surface area (Å²) in [6.45, 7) is 4.58. The van der Waals surface area contributed by atoms with Crippen LogP contribution < -0.4 is 10.6 Å². The van der Waals surface area contributed by atoms with Crippen LogP contribution in [0.1, 0.15) is 82.7 Å². The number of nitrogens with zero attached hydrogens (tertiary/aromatic N) is 4. The fraction of sp³-hybridized carbons (Fsp3) is 0.417. The Morgan fingerprint density at radius 2 is 1.82 bits per heavy atom. The lowest BCUT2D eigenvalue weighted by Crippen LogP contribution is -2.58. The second kappa shape index (κ2) is 13.7. The second-order valence-corrected chi connectivity index (χ2v) is 12.7. The molecule has 4 unspecified atom stereocenters. The Balaban J connectivity index is 1.30. The smallest absolute Gasteiger partial charge is 0.253 e. The molecule has 2 N–H and O–H groups in total. The molecule has 9 heteroatoms. The van der Waals surface area contributed by atoms with Crippen molar-refractivity contribution in [2.24, 2.45) is 0 Å². The zero-order valence-electron chi connectivity index (χ0n) is 26.1. The molecule has 4 heterocycles. The molecule has 6 rings (SSSR count). The zero-order valence-corrected chi connectivity index (χ0v) is 26.1. The number of benzene rings is 1. The molecule has 2 aromatic heterocycles. The van der Waals surface area contributed by atoms with Gasteiger partial charge in [0.05, 0.1) is 5.56 Å². The maximum absolute atomic E-state index is 13.9. The summed E-state index contributed by atoms with van der Waals surface area (Å²) in [7, 11) is 2.12. The van der Waals surface area contributed by atoms with Crippen LogP contribution >= 0.6 is 0 Å². The van der Waals surface area contributed by atoms with Crippen molar-refractivity contribution in [3.63, 3.8) is 0 Å². The van der Waals surface area contributed by atoms with E-state index >= 15 is 0 Å². The number of anilines is 1. The van der Waals surface area contributed by atoms with Gasteiger partial charge in [0.15, 0.2) is 0 Å². The quantitative estimate of drug-likeness (QED) is 0.424. The van der Waals surface area contributed by atoms with Crippen LogP contribution in [0.4, 0.5) is 5.82 Å². The van der Waals surface area contributed by atoms with Crippen LogP contribution in [0.15, 0.2) is 60.9 Å². The van der Waals surface area contributed by atoms with Crippen molar-refractivity contribution in [3.05, 3.63) is 94.4 Å². The largest absolute Gasteiger partial charge is 0.340 e. The van der Waals surface area contributed by atoms with Gasteiger partial charge in [-0.3, -0.25) is 19.4 Å². The van der Waals surface area contributed by atoms with Gasteiger partial charge in [0, 0.05) is 43.1 Å². The summed E-state index contributed by atoms with van der Waals surface area (Å²) in [5.74, 6) is 0.443. The molecular weight excluding hydrogens is 564 g/mol. The topological polar surface area (TPSA) is 108 Å². The highest BCUT2D eigenvalue weighted by molar-refractivity contribution is 5.98. The SMILES string of the molecule is CC1C(c2ccccc2)CC2NC(=O)c3cnc4c(c3)CC(C4)c3cc(cnc3NC=O)/C=C/CN(C)CCCCCN1C2=O. The fourth-order valence-electron chi connectivity index (χ4n) is 7.15. The van der Waals surface area contributed by atoms with Crippen molar-refractivity contribution in [1.29, 1.82) is 0 Å². The van der Waals surface area contributed by atoms with E-state index in [9.17, 15) is 14.4 Å². The molecule has 2 aliphatic heterocycles. The second-order valence-electron chi connectivity index (χ2n) is 12.7.